The summed E-state index contributed by atoms with van der Waals surface area (Å²) >= 11 is 5.91. The van der Waals surface area contributed by atoms with E-state index in [1.807, 2.05) is 13.0 Å². The maximum Gasteiger partial charge on any atom is 0.121 e. The van der Waals surface area contributed by atoms with Gasteiger partial charge in [-0.3, -0.25) is 0 Å². The number of hydrogen-bond donors (Lipinski definition) is 2. The Labute approximate surface area is 88.9 Å². The lowest BCUT2D eigenvalue weighted by Crippen LogP contribution is -2.13. The van der Waals surface area contributed by atoms with Gasteiger partial charge in [0.1, 0.15) is 5.75 Å². The first-order valence-corrected chi connectivity index (χ1v) is 5.28. The van der Waals surface area contributed by atoms with E-state index in [1.165, 1.54) is 6.42 Å². The molecule has 0 unspecified atom stereocenters. The first-order chi connectivity index (χ1) is 6.68. The summed E-state index contributed by atoms with van der Waals surface area (Å²) in [6, 6.07) is 3.90. The Morgan fingerprint density at radius 3 is 2.93 bits per heavy atom. The molecule has 0 aliphatic carbocycles. The molecule has 0 radical (unpaired) electrons. The highest BCUT2D eigenvalue weighted by atomic mass is 35.5. The third-order valence-corrected chi connectivity index (χ3v) is 3.15. The highest BCUT2D eigenvalue weighted by molar-refractivity contribution is 6.31. The van der Waals surface area contributed by atoms with Gasteiger partial charge in [-0.15, -0.1) is 0 Å². The van der Waals surface area contributed by atoms with Crippen molar-refractivity contribution in [1.29, 1.82) is 0 Å². The summed E-state index contributed by atoms with van der Waals surface area (Å²) in [4.78, 5) is 0. The van der Waals surface area contributed by atoms with E-state index in [0.717, 1.165) is 24.1 Å². The summed E-state index contributed by atoms with van der Waals surface area (Å²) in [6.45, 7) is 2.99. The Kier molecular flexibility index (Phi) is 2.66. The van der Waals surface area contributed by atoms with Crippen LogP contribution in [0.15, 0.2) is 12.1 Å². The van der Waals surface area contributed by atoms with Crippen molar-refractivity contribution >= 4 is 11.6 Å². The molecule has 1 aliphatic heterocycles. The normalized spacial score (nSPS) is 21.4. The second-order valence-corrected chi connectivity index (χ2v) is 4.22. The summed E-state index contributed by atoms with van der Waals surface area (Å²) in [6.07, 6.45) is 2.26. The Hall–Kier alpha value is -0.730. The summed E-state index contributed by atoms with van der Waals surface area (Å²) in [5, 5.41) is 13.7. The molecule has 0 bridgehead atoms. The average Bonchev–Trinajstić information content (AvgIpc) is 2.64. The molecule has 1 heterocycles. The van der Waals surface area contributed by atoms with Crippen LogP contribution in [0.3, 0.4) is 0 Å². The smallest absolute Gasteiger partial charge is 0.121 e. The first kappa shape index (κ1) is 9.81. The lowest BCUT2D eigenvalue weighted by molar-refractivity contribution is 0.457. The van der Waals surface area contributed by atoms with Crippen molar-refractivity contribution in [3.8, 4) is 5.75 Å². The highest BCUT2D eigenvalue weighted by Gasteiger charge is 2.19. The molecule has 2 nitrogen and oxygen atoms in total. The van der Waals surface area contributed by atoms with Gasteiger partial charge < -0.3 is 10.4 Å². The van der Waals surface area contributed by atoms with E-state index in [-0.39, 0.29) is 0 Å². The van der Waals surface area contributed by atoms with Gasteiger partial charge in [-0.25, -0.2) is 0 Å². The Bertz CT molecular complexity index is 345. The fraction of sp³-hybridized carbons (Fsp3) is 0.455. The van der Waals surface area contributed by atoms with Crippen molar-refractivity contribution in [1.82, 2.24) is 5.32 Å². The molecule has 0 amide bonds. The Morgan fingerprint density at radius 2 is 2.29 bits per heavy atom. The Balaban J connectivity index is 2.37. The fourth-order valence-corrected chi connectivity index (χ4v) is 2.08. The summed E-state index contributed by atoms with van der Waals surface area (Å²) < 4.78 is 0. The molecule has 1 atom stereocenters. The molecule has 1 saturated heterocycles. The predicted octanol–water partition coefficient (Wildman–Crippen LogP) is 2.78. The molecule has 2 N–H and O–H groups in total. The van der Waals surface area contributed by atoms with Gasteiger partial charge in [0.15, 0.2) is 0 Å². The predicted molar refractivity (Wildman–Crippen MR) is 57.8 cm³/mol. The van der Waals surface area contributed by atoms with Crippen LogP contribution in [0.2, 0.25) is 5.02 Å². The number of aryl methyl sites for hydroxylation is 1. The number of nitrogens with one attached hydrogen (secondary N) is 1. The third-order valence-electron chi connectivity index (χ3n) is 2.74. The van der Waals surface area contributed by atoms with Gasteiger partial charge in [-0.1, -0.05) is 11.6 Å². The molecule has 76 valence electrons. The lowest BCUT2D eigenvalue weighted by atomic mass is 10.0. The maximum absolute atomic E-state index is 9.75. The minimum absolute atomic E-state index is 0.297. The van der Waals surface area contributed by atoms with Gasteiger partial charge in [0, 0.05) is 16.6 Å². The monoisotopic (exact) mass is 211 g/mol. The van der Waals surface area contributed by atoms with Gasteiger partial charge >= 0.3 is 0 Å². The second-order valence-electron chi connectivity index (χ2n) is 3.81. The minimum atomic E-state index is 0.297. The number of halogens is 1. The molecule has 0 saturated carbocycles. The van der Waals surface area contributed by atoms with Crippen LogP contribution in [-0.4, -0.2) is 11.7 Å². The van der Waals surface area contributed by atoms with Crippen molar-refractivity contribution in [2.45, 2.75) is 25.8 Å². The number of phenolic OH excluding ortho intramolecular Hbond substituents is 1. The number of benzene rings is 1. The van der Waals surface area contributed by atoms with Crippen molar-refractivity contribution < 1.29 is 5.11 Å². The van der Waals surface area contributed by atoms with E-state index in [9.17, 15) is 5.11 Å². The standard InChI is InChI=1S/C11H14ClNO/c1-7-5-8(10-3-2-4-13-10)11(14)6-9(7)12/h5-6,10,13-14H,2-4H2,1H3/t10-/m0/s1. The van der Waals surface area contributed by atoms with Gasteiger partial charge in [-0.05, 0) is 44.0 Å². The summed E-state index contributed by atoms with van der Waals surface area (Å²) in [5.74, 6) is 0.306. The maximum atomic E-state index is 9.75. The molecule has 0 aromatic heterocycles. The van der Waals surface area contributed by atoms with Gasteiger partial charge in [0.05, 0.1) is 0 Å². The van der Waals surface area contributed by atoms with Crippen LogP contribution in [0, 0.1) is 6.92 Å². The van der Waals surface area contributed by atoms with E-state index in [1.54, 1.807) is 6.07 Å². The number of aromatic hydroxyl groups is 1. The molecule has 1 aliphatic rings. The van der Waals surface area contributed by atoms with Crippen LogP contribution >= 0.6 is 11.6 Å². The van der Waals surface area contributed by atoms with Crippen molar-refractivity contribution in [2.75, 3.05) is 6.54 Å². The van der Waals surface area contributed by atoms with Crippen LogP contribution in [0.5, 0.6) is 5.75 Å². The second kappa shape index (κ2) is 3.79. The number of rotatable bonds is 1. The lowest BCUT2D eigenvalue weighted by Gasteiger charge is -2.14. The van der Waals surface area contributed by atoms with Crippen molar-refractivity contribution in [3.63, 3.8) is 0 Å². The van der Waals surface area contributed by atoms with Crippen LogP contribution < -0.4 is 5.32 Å². The number of hydrogen-bond acceptors (Lipinski definition) is 2. The zero-order chi connectivity index (χ0) is 10.1. The zero-order valence-electron chi connectivity index (χ0n) is 8.18. The van der Waals surface area contributed by atoms with Crippen LogP contribution in [0.25, 0.3) is 0 Å². The molecular formula is C11H14ClNO. The van der Waals surface area contributed by atoms with Crippen LogP contribution in [0.4, 0.5) is 0 Å². The summed E-state index contributed by atoms with van der Waals surface area (Å²) in [7, 11) is 0. The Morgan fingerprint density at radius 1 is 1.50 bits per heavy atom. The molecule has 1 aromatic rings. The largest absolute Gasteiger partial charge is 0.508 e. The molecule has 3 heteroatoms. The van der Waals surface area contributed by atoms with E-state index >= 15 is 0 Å². The third kappa shape index (κ3) is 1.72. The van der Waals surface area contributed by atoms with E-state index in [0.29, 0.717) is 16.8 Å². The van der Waals surface area contributed by atoms with Gasteiger partial charge in [0.25, 0.3) is 0 Å². The highest BCUT2D eigenvalue weighted by Crippen LogP contribution is 2.33. The average molecular weight is 212 g/mol. The number of phenols is 1. The fourth-order valence-electron chi connectivity index (χ4n) is 1.92. The quantitative estimate of drug-likeness (QED) is 0.749. The molecular weight excluding hydrogens is 198 g/mol. The SMILES string of the molecule is Cc1cc([C@@H]2CCCN2)c(O)cc1Cl. The molecule has 1 aromatic carbocycles. The molecule has 0 spiro atoms. The van der Waals surface area contributed by atoms with E-state index < -0.39 is 0 Å². The van der Waals surface area contributed by atoms with Crippen molar-refractivity contribution in [3.05, 3.63) is 28.3 Å². The van der Waals surface area contributed by atoms with Gasteiger partial charge in [-0.2, -0.15) is 0 Å². The van der Waals surface area contributed by atoms with Crippen molar-refractivity contribution in [2.24, 2.45) is 0 Å². The first-order valence-electron chi connectivity index (χ1n) is 4.91. The van der Waals surface area contributed by atoms with Gasteiger partial charge in [0.2, 0.25) is 0 Å². The zero-order valence-corrected chi connectivity index (χ0v) is 8.93. The molecule has 1 fully saturated rings. The van der Waals surface area contributed by atoms with E-state index in [4.69, 9.17) is 11.6 Å². The molecule has 2 rings (SSSR count). The topological polar surface area (TPSA) is 32.3 Å². The van der Waals surface area contributed by atoms with E-state index in [2.05, 4.69) is 5.32 Å². The van der Waals surface area contributed by atoms with Crippen LogP contribution in [0.1, 0.15) is 30.0 Å². The minimum Gasteiger partial charge on any atom is -0.508 e. The molecule has 14 heavy (non-hydrogen) atoms. The summed E-state index contributed by atoms with van der Waals surface area (Å²) in [5.41, 5.74) is 2.00. The van der Waals surface area contributed by atoms with Crippen LogP contribution in [-0.2, 0) is 0 Å².